The summed E-state index contributed by atoms with van der Waals surface area (Å²) >= 11 is 12.1. The normalized spacial score (nSPS) is 18.3. The number of ketones is 1. The van der Waals surface area contributed by atoms with Crippen LogP contribution in [0.5, 0.6) is 5.75 Å². The van der Waals surface area contributed by atoms with Crippen molar-refractivity contribution < 1.29 is 19.1 Å². The van der Waals surface area contributed by atoms with E-state index < -0.39 is 25.9 Å². The minimum absolute atomic E-state index is 0.132. The van der Waals surface area contributed by atoms with E-state index in [-0.39, 0.29) is 30.4 Å². The first-order chi connectivity index (χ1) is 21.0. The maximum atomic E-state index is 13.8. The average molecular weight is 653 g/mol. The van der Waals surface area contributed by atoms with Gasteiger partial charge in [-0.25, -0.2) is 4.68 Å². The number of hydrogen-bond donors (Lipinski definition) is 0. The van der Waals surface area contributed by atoms with Crippen molar-refractivity contribution in [3.8, 4) is 5.75 Å². The summed E-state index contributed by atoms with van der Waals surface area (Å²) in [5.74, 6) is -1.51. The number of carbonyl (C=O) groups excluding carboxylic acids is 2. The van der Waals surface area contributed by atoms with Crippen molar-refractivity contribution in [3.63, 3.8) is 0 Å². The van der Waals surface area contributed by atoms with Gasteiger partial charge in [-0.3, -0.25) is 14.4 Å². The van der Waals surface area contributed by atoms with Crippen molar-refractivity contribution in [2.75, 3.05) is 6.61 Å². The zero-order valence-electron chi connectivity index (χ0n) is 25.0. The number of ether oxygens (including phenoxy) is 2. The molecule has 8 nitrogen and oxygen atoms in total. The molecule has 1 aromatic heterocycles. The van der Waals surface area contributed by atoms with Crippen LogP contribution >= 0.6 is 23.2 Å². The van der Waals surface area contributed by atoms with Gasteiger partial charge in [0.15, 0.2) is 5.78 Å². The molecule has 0 bridgehead atoms. The number of Topliss-reactive ketones (excluding diaryl/α,β-unsaturated/α-hetero) is 1. The molecule has 4 aromatic rings. The zero-order valence-corrected chi connectivity index (χ0v) is 27.5. The van der Waals surface area contributed by atoms with Crippen molar-refractivity contribution >= 4 is 53.9 Å². The Bertz CT molecular complexity index is 1720. The van der Waals surface area contributed by atoms with Gasteiger partial charge in [-0.2, -0.15) is 0 Å². The van der Waals surface area contributed by atoms with Crippen molar-refractivity contribution in [2.24, 2.45) is 17.8 Å². The Hall–Kier alpha value is -3.53. The molecule has 0 saturated heterocycles. The Labute approximate surface area is 267 Å². The smallest absolute Gasteiger partial charge is 0.310 e. The minimum Gasteiger partial charge on any atom is -0.489 e. The molecule has 1 saturated carbocycles. The number of benzene rings is 3. The molecular formula is C33H35Cl2N3O5Si. The Balaban J connectivity index is 1.33. The third-order valence-corrected chi connectivity index (χ3v) is 10.5. The van der Waals surface area contributed by atoms with Gasteiger partial charge in [-0.05, 0) is 78.9 Å². The maximum Gasteiger partial charge on any atom is 0.310 e. The molecule has 0 N–H and O–H groups in total. The van der Waals surface area contributed by atoms with Crippen LogP contribution in [0, 0.1) is 17.8 Å². The van der Waals surface area contributed by atoms with Crippen LogP contribution in [0.2, 0.25) is 35.7 Å². The van der Waals surface area contributed by atoms with Gasteiger partial charge >= 0.3 is 5.97 Å². The third kappa shape index (κ3) is 7.57. The summed E-state index contributed by atoms with van der Waals surface area (Å²) in [5.41, 5.74) is 1.59. The van der Waals surface area contributed by atoms with Crippen LogP contribution in [0.15, 0.2) is 71.5 Å². The molecule has 0 amide bonds. The molecule has 0 spiro atoms. The van der Waals surface area contributed by atoms with E-state index in [1.165, 1.54) is 4.68 Å². The van der Waals surface area contributed by atoms with Crippen LogP contribution in [0.1, 0.15) is 28.8 Å². The van der Waals surface area contributed by atoms with Crippen LogP contribution in [0.4, 0.5) is 0 Å². The molecule has 230 valence electrons. The van der Waals surface area contributed by atoms with Crippen molar-refractivity contribution in [1.29, 1.82) is 0 Å². The molecule has 0 unspecified atom stereocenters. The van der Waals surface area contributed by atoms with E-state index in [1.807, 2.05) is 6.07 Å². The van der Waals surface area contributed by atoms with Crippen molar-refractivity contribution in [3.05, 3.63) is 98.3 Å². The molecule has 1 heterocycles. The topological polar surface area (TPSA) is 100 Å². The van der Waals surface area contributed by atoms with E-state index in [2.05, 4.69) is 30.0 Å². The number of carbonyl (C=O) groups is 2. The summed E-state index contributed by atoms with van der Waals surface area (Å²) in [6.07, 6.45) is 1.08. The van der Waals surface area contributed by atoms with E-state index in [4.69, 9.17) is 32.7 Å². The molecule has 3 aromatic carbocycles. The van der Waals surface area contributed by atoms with Crippen molar-refractivity contribution in [1.82, 2.24) is 15.0 Å². The Morgan fingerprint density at radius 1 is 0.977 bits per heavy atom. The molecule has 0 radical (unpaired) electrons. The molecule has 1 aliphatic rings. The van der Waals surface area contributed by atoms with Crippen LogP contribution in [-0.2, 0) is 22.7 Å². The van der Waals surface area contributed by atoms with Gasteiger partial charge in [-0.1, -0.05) is 66.3 Å². The van der Waals surface area contributed by atoms with Crippen LogP contribution in [-0.4, -0.2) is 41.4 Å². The Morgan fingerprint density at radius 3 is 2.45 bits per heavy atom. The monoisotopic (exact) mass is 651 g/mol. The molecule has 5 rings (SSSR count). The molecule has 11 heteroatoms. The number of rotatable bonds is 11. The first-order valence-electron chi connectivity index (χ1n) is 14.7. The molecule has 1 fully saturated rings. The highest BCUT2D eigenvalue weighted by molar-refractivity contribution is 6.76. The van der Waals surface area contributed by atoms with Crippen LogP contribution in [0.25, 0.3) is 10.9 Å². The second kappa shape index (κ2) is 13.6. The van der Waals surface area contributed by atoms with Gasteiger partial charge in [0.05, 0.1) is 34.5 Å². The van der Waals surface area contributed by atoms with E-state index in [0.717, 1.165) is 11.6 Å². The standard InChI is InChI=1S/C33H35Cl2N3O5Si/c1-44(2,3)17-16-42-33(41)30-23(19-38-32(40)25-6-4-5-7-29(25)36-37-38)11-14-26(30)31(39)22-9-12-24(13-10-22)43-20-21-8-15-27(34)28(35)18-21/h4-10,12-13,15,18,23,26,30H,11,14,16-17,19-20H2,1-3H3/t23-,26-,30-/m0/s1. The maximum absolute atomic E-state index is 13.8. The lowest BCUT2D eigenvalue weighted by Crippen LogP contribution is -2.36. The first-order valence-corrected chi connectivity index (χ1v) is 19.2. The van der Waals surface area contributed by atoms with Crippen LogP contribution in [0.3, 0.4) is 0 Å². The summed E-state index contributed by atoms with van der Waals surface area (Å²) in [6, 6.07) is 20.1. The number of hydrogen-bond acceptors (Lipinski definition) is 7. The van der Waals surface area contributed by atoms with Gasteiger partial charge in [0.1, 0.15) is 17.9 Å². The fourth-order valence-corrected chi connectivity index (χ4v) is 6.62. The van der Waals surface area contributed by atoms with Gasteiger partial charge in [-0.15, -0.1) is 5.10 Å². The van der Waals surface area contributed by atoms with E-state index in [1.54, 1.807) is 60.7 Å². The predicted molar refractivity (Wildman–Crippen MR) is 174 cm³/mol. The van der Waals surface area contributed by atoms with Crippen LogP contribution < -0.4 is 10.3 Å². The number of halogens is 2. The fourth-order valence-electron chi connectivity index (χ4n) is 5.58. The molecule has 3 atom stereocenters. The van der Waals surface area contributed by atoms with Gasteiger partial charge in [0.25, 0.3) is 5.56 Å². The predicted octanol–water partition coefficient (Wildman–Crippen LogP) is 7.08. The number of esters is 1. The van der Waals surface area contributed by atoms with E-state index in [0.29, 0.717) is 51.7 Å². The average Bonchev–Trinajstić information content (AvgIpc) is 3.42. The second-order valence-corrected chi connectivity index (χ2v) is 18.9. The second-order valence-electron chi connectivity index (χ2n) is 12.5. The quantitative estimate of drug-likeness (QED) is 0.0970. The Morgan fingerprint density at radius 2 is 1.73 bits per heavy atom. The lowest BCUT2D eigenvalue weighted by molar-refractivity contribution is -0.150. The van der Waals surface area contributed by atoms with E-state index >= 15 is 0 Å². The molecule has 0 aliphatic heterocycles. The van der Waals surface area contributed by atoms with Crippen molar-refractivity contribution in [2.45, 2.75) is 51.7 Å². The fraction of sp³-hybridized carbons (Fsp3) is 0.364. The summed E-state index contributed by atoms with van der Waals surface area (Å²) in [5, 5.41) is 9.72. The molecular weight excluding hydrogens is 617 g/mol. The van der Waals surface area contributed by atoms with Gasteiger partial charge in [0.2, 0.25) is 0 Å². The zero-order chi connectivity index (χ0) is 31.4. The SMILES string of the molecule is C[Si](C)(C)CCOC(=O)[C@H]1[C@H](Cn2nnc3ccccc3c2=O)CC[C@@H]1C(=O)c1ccc(OCc2ccc(Cl)c(Cl)c2)cc1. The molecule has 1 aliphatic carbocycles. The van der Waals surface area contributed by atoms with Gasteiger partial charge in [0, 0.05) is 19.6 Å². The third-order valence-electron chi connectivity index (χ3n) is 8.06. The van der Waals surface area contributed by atoms with Gasteiger partial charge < -0.3 is 9.47 Å². The summed E-state index contributed by atoms with van der Waals surface area (Å²) in [6.45, 7) is 7.43. The summed E-state index contributed by atoms with van der Waals surface area (Å²) in [4.78, 5) is 40.6. The highest BCUT2D eigenvalue weighted by atomic mass is 35.5. The highest BCUT2D eigenvalue weighted by Gasteiger charge is 2.46. The summed E-state index contributed by atoms with van der Waals surface area (Å²) in [7, 11) is -1.44. The Kier molecular flexibility index (Phi) is 9.87. The summed E-state index contributed by atoms with van der Waals surface area (Å²) < 4.78 is 13.0. The lowest BCUT2D eigenvalue weighted by Gasteiger charge is -2.24. The minimum atomic E-state index is -1.44. The first kappa shape index (κ1) is 31.9. The number of fused-ring (bicyclic) bond motifs is 1. The lowest BCUT2D eigenvalue weighted by atomic mass is 9.84. The highest BCUT2D eigenvalue weighted by Crippen LogP contribution is 2.41. The molecule has 44 heavy (non-hydrogen) atoms. The number of aromatic nitrogens is 3. The van der Waals surface area contributed by atoms with E-state index in [9.17, 15) is 14.4 Å². The largest absolute Gasteiger partial charge is 0.489 e. The number of nitrogens with zero attached hydrogens (tertiary/aromatic N) is 3.